The number of thiazole rings is 1. The number of carbonyl (C=O) groups is 1. The number of aromatic nitrogens is 2. The molecule has 0 unspecified atom stereocenters. The molecular weight excluding hydrogens is 394 g/mol. The number of nitrogens with zero attached hydrogens (tertiary/aromatic N) is 3. The lowest BCUT2D eigenvalue weighted by atomic mass is 10.2. The smallest absolute Gasteiger partial charge is 0.270 e. The second-order valence-corrected chi connectivity index (χ2v) is 7.80. The van der Waals surface area contributed by atoms with Gasteiger partial charge in [-0.15, -0.1) is 11.3 Å². The molecule has 0 N–H and O–H groups in total. The fraction of sp³-hybridized carbons (Fsp3) is 0.150. The molecule has 1 aromatic carbocycles. The van der Waals surface area contributed by atoms with Gasteiger partial charge in [0, 0.05) is 12.4 Å². The molecule has 0 spiro atoms. The Morgan fingerprint density at radius 2 is 1.93 bits per heavy atom. The van der Waals surface area contributed by atoms with Gasteiger partial charge in [-0.2, -0.15) is 0 Å². The summed E-state index contributed by atoms with van der Waals surface area (Å²) in [6, 6.07) is 11.1. The number of carbonyl (C=O) groups excluding carboxylic acids is 1. The van der Waals surface area contributed by atoms with Gasteiger partial charge in [0.25, 0.3) is 5.91 Å². The largest absolute Gasteiger partial charge is 0.495 e. The molecule has 1 amide bonds. The lowest BCUT2D eigenvalue weighted by Crippen LogP contribution is -2.29. The average Bonchev–Trinajstić information content (AvgIpc) is 3.41. The monoisotopic (exact) mass is 411 g/mol. The number of pyridine rings is 1. The third kappa shape index (κ3) is 3.44. The van der Waals surface area contributed by atoms with E-state index in [1.165, 1.54) is 22.7 Å². The van der Waals surface area contributed by atoms with Crippen LogP contribution in [-0.2, 0) is 6.54 Å². The van der Waals surface area contributed by atoms with Gasteiger partial charge in [-0.1, -0.05) is 23.5 Å². The zero-order valence-corrected chi connectivity index (χ0v) is 16.9. The Morgan fingerprint density at radius 3 is 2.61 bits per heavy atom. The number of benzene rings is 1. The molecule has 0 radical (unpaired) electrons. The maximum absolute atomic E-state index is 13.2. The topological polar surface area (TPSA) is 64.6 Å². The summed E-state index contributed by atoms with van der Waals surface area (Å²) >= 11 is 2.81. The highest BCUT2D eigenvalue weighted by Gasteiger charge is 2.24. The van der Waals surface area contributed by atoms with Crippen molar-refractivity contribution in [2.45, 2.75) is 6.54 Å². The molecule has 8 heteroatoms. The second kappa shape index (κ2) is 7.95. The second-order valence-electron chi connectivity index (χ2n) is 5.87. The number of hydrogen-bond acceptors (Lipinski definition) is 7. The highest BCUT2D eigenvalue weighted by molar-refractivity contribution is 7.23. The summed E-state index contributed by atoms with van der Waals surface area (Å²) in [5, 5.41) is 2.47. The fourth-order valence-corrected chi connectivity index (χ4v) is 4.57. The maximum atomic E-state index is 13.2. The van der Waals surface area contributed by atoms with E-state index in [0.29, 0.717) is 33.6 Å². The van der Waals surface area contributed by atoms with E-state index in [0.717, 1.165) is 10.3 Å². The standard InChI is InChI=1S/C20H17N3O3S2/c1-25-14-7-8-15(26-2)18-17(14)22-20(28-18)23(12-13-5-3-9-21-11-13)19(24)16-6-4-10-27-16/h3-11H,12H2,1-2H3. The molecular formula is C20H17N3O3S2. The molecule has 0 aliphatic heterocycles. The molecule has 28 heavy (non-hydrogen) atoms. The maximum Gasteiger partial charge on any atom is 0.270 e. The molecule has 0 saturated heterocycles. The highest BCUT2D eigenvalue weighted by atomic mass is 32.1. The first-order valence-electron chi connectivity index (χ1n) is 8.47. The predicted octanol–water partition coefficient (Wildman–Crippen LogP) is 4.62. The van der Waals surface area contributed by atoms with Crippen LogP contribution in [0.2, 0.25) is 0 Å². The molecule has 4 rings (SSSR count). The van der Waals surface area contributed by atoms with Crippen LogP contribution in [0.25, 0.3) is 10.2 Å². The van der Waals surface area contributed by atoms with E-state index in [9.17, 15) is 4.79 Å². The van der Waals surface area contributed by atoms with Gasteiger partial charge < -0.3 is 9.47 Å². The van der Waals surface area contributed by atoms with Crippen molar-refractivity contribution < 1.29 is 14.3 Å². The van der Waals surface area contributed by atoms with E-state index in [1.54, 1.807) is 31.5 Å². The number of thiophene rings is 1. The summed E-state index contributed by atoms with van der Waals surface area (Å²) in [6.07, 6.45) is 3.46. The van der Waals surface area contributed by atoms with Crippen molar-refractivity contribution in [3.05, 3.63) is 64.6 Å². The van der Waals surface area contributed by atoms with Gasteiger partial charge in [0.2, 0.25) is 0 Å². The number of fused-ring (bicyclic) bond motifs is 1. The summed E-state index contributed by atoms with van der Waals surface area (Å²) in [4.78, 5) is 24.4. The molecule has 0 aliphatic carbocycles. The first kappa shape index (κ1) is 18.4. The van der Waals surface area contributed by atoms with Gasteiger partial charge in [0.1, 0.15) is 21.7 Å². The van der Waals surface area contributed by atoms with Crippen molar-refractivity contribution in [1.29, 1.82) is 0 Å². The molecule has 0 bridgehead atoms. The number of methoxy groups -OCH3 is 2. The van der Waals surface area contributed by atoms with E-state index in [4.69, 9.17) is 14.5 Å². The van der Waals surface area contributed by atoms with Crippen molar-refractivity contribution in [1.82, 2.24) is 9.97 Å². The highest BCUT2D eigenvalue weighted by Crippen LogP contribution is 2.40. The van der Waals surface area contributed by atoms with Crippen LogP contribution >= 0.6 is 22.7 Å². The van der Waals surface area contributed by atoms with Crippen LogP contribution in [-0.4, -0.2) is 30.1 Å². The Morgan fingerprint density at radius 1 is 1.11 bits per heavy atom. The van der Waals surface area contributed by atoms with Gasteiger partial charge in [-0.05, 0) is 35.2 Å². The van der Waals surface area contributed by atoms with Crippen LogP contribution in [0, 0.1) is 0 Å². The van der Waals surface area contributed by atoms with Crippen LogP contribution in [0.15, 0.2) is 54.2 Å². The van der Waals surface area contributed by atoms with Crippen LogP contribution in [0.1, 0.15) is 15.2 Å². The van der Waals surface area contributed by atoms with Gasteiger partial charge in [-0.3, -0.25) is 14.7 Å². The van der Waals surface area contributed by atoms with E-state index in [1.807, 2.05) is 41.8 Å². The summed E-state index contributed by atoms with van der Waals surface area (Å²) in [7, 11) is 3.22. The Labute approximate surface area is 170 Å². The van der Waals surface area contributed by atoms with Gasteiger partial charge in [-0.25, -0.2) is 4.98 Å². The number of amides is 1. The average molecular weight is 412 g/mol. The molecule has 0 atom stereocenters. The van der Waals surface area contributed by atoms with Gasteiger partial charge in [0.15, 0.2) is 5.13 Å². The van der Waals surface area contributed by atoms with Gasteiger partial charge >= 0.3 is 0 Å². The Bertz CT molecular complexity index is 1050. The minimum atomic E-state index is -0.101. The minimum absolute atomic E-state index is 0.101. The SMILES string of the molecule is COc1ccc(OC)c2sc(N(Cc3cccnc3)C(=O)c3cccs3)nc12. The third-order valence-electron chi connectivity index (χ3n) is 4.17. The zero-order chi connectivity index (χ0) is 19.5. The van der Waals surface area contributed by atoms with Crippen molar-refractivity contribution in [2.75, 3.05) is 19.1 Å². The predicted molar refractivity (Wildman–Crippen MR) is 112 cm³/mol. The van der Waals surface area contributed by atoms with Crippen LogP contribution in [0.3, 0.4) is 0 Å². The van der Waals surface area contributed by atoms with Crippen molar-refractivity contribution in [3.63, 3.8) is 0 Å². The van der Waals surface area contributed by atoms with Crippen LogP contribution < -0.4 is 14.4 Å². The van der Waals surface area contributed by atoms with E-state index in [-0.39, 0.29) is 5.91 Å². The molecule has 0 aliphatic rings. The Balaban J connectivity index is 1.83. The summed E-state index contributed by atoms with van der Waals surface area (Å²) in [6.45, 7) is 0.370. The molecule has 0 fully saturated rings. The Kier molecular flexibility index (Phi) is 5.23. The minimum Gasteiger partial charge on any atom is -0.495 e. The quantitative estimate of drug-likeness (QED) is 0.463. The molecule has 3 aromatic heterocycles. The number of hydrogen-bond donors (Lipinski definition) is 0. The first-order chi connectivity index (χ1) is 13.7. The van der Waals surface area contributed by atoms with Gasteiger partial charge in [0.05, 0.1) is 25.6 Å². The van der Waals surface area contributed by atoms with Crippen molar-refractivity contribution in [3.8, 4) is 11.5 Å². The van der Waals surface area contributed by atoms with Crippen molar-refractivity contribution >= 4 is 43.9 Å². The lowest BCUT2D eigenvalue weighted by Gasteiger charge is -2.19. The Hall–Kier alpha value is -2.97. The zero-order valence-electron chi connectivity index (χ0n) is 15.3. The normalized spacial score (nSPS) is 10.8. The summed E-state index contributed by atoms with van der Waals surface area (Å²) < 4.78 is 11.8. The lowest BCUT2D eigenvalue weighted by molar-refractivity contribution is 0.0989. The molecule has 0 saturated carbocycles. The number of rotatable bonds is 6. The van der Waals surface area contributed by atoms with Crippen molar-refractivity contribution in [2.24, 2.45) is 0 Å². The first-order valence-corrected chi connectivity index (χ1v) is 10.2. The molecule has 6 nitrogen and oxygen atoms in total. The summed E-state index contributed by atoms with van der Waals surface area (Å²) in [5.74, 6) is 1.24. The van der Waals surface area contributed by atoms with Crippen LogP contribution in [0.5, 0.6) is 11.5 Å². The molecule has 3 heterocycles. The number of anilines is 1. The molecule has 4 aromatic rings. The van der Waals surface area contributed by atoms with E-state index in [2.05, 4.69) is 4.98 Å². The van der Waals surface area contributed by atoms with E-state index < -0.39 is 0 Å². The fourth-order valence-electron chi connectivity index (χ4n) is 2.82. The summed E-state index contributed by atoms with van der Waals surface area (Å²) in [5.41, 5.74) is 1.60. The van der Waals surface area contributed by atoms with Crippen LogP contribution in [0.4, 0.5) is 5.13 Å². The van der Waals surface area contributed by atoms with E-state index >= 15 is 0 Å². The number of ether oxygens (including phenoxy) is 2. The third-order valence-corrected chi connectivity index (χ3v) is 6.12. The molecule has 142 valence electrons.